The first-order chi connectivity index (χ1) is 7.79. The van der Waals surface area contributed by atoms with Crippen molar-refractivity contribution in [3.8, 4) is 5.69 Å². The van der Waals surface area contributed by atoms with E-state index in [1.807, 2.05) is 35.0 Å². The average molecular weight is 219 g/mol. The van der Waals surface area contributed by atoms with Crippen LogP contribution in [0.15, 0.2) is 43.0 Å². The standard InChI is InChI=1S/C12H14FN3/c13-8-11(14)7-10-1-3-12(4-2-10)16-6-5-15-9-16/h1-6,9,11H,7-8,14H2. The first kappa shape index (κ1) is 10.8. The van der Waals surface area contributed by atoms with Crippen LogP contribution in [0.4, 0.5) is 4.39 Å². The first-order valence-electron chi connectivity index (χ1n) is 5.18. The highest BCUT2D eigenvalue weighted by Crippen LogP contribution is 2.10. The third kappa shape index (κ3) is 2.46. The monoisotopic (exact) mass is 219 g/mol. The lowest BCUT2D eigenvalue weighted by Gasteiger charge is -2.08. The Kier molecular flexibility index (Phi) is 3.31. The van der Waals surface area contributed by atoms with Crippen molar-refractivity contribution in [3.05, 3.63) is 48.5 Å². The van der Waals surface area contributed by atoms with Crippen LogP contribution in [-0.2, 0) is 6.42 Å². The second kappa shape index (κ2) is 4.90. The van der Waals surface area contributed by atoms with Crippen molar-refractivity contribution in [2.24, 2.45) is 5.73 Å². The minimum atomic E-state index is -0.483. The molecule has 2 aromatic rings. The van der Waals surface area contributed by atoms with E-state index >= 15 is 0 Å². The van der Waals surface area contributed by atoms with Crippen LogP contribution in [0, 0.1) is 0 Å². The van der Waals surface area contributed by atoms with E-state index in [2.05, 4.69) is 4.98 Å². The van der Waals surface area contributed by atoms with E-state index in [1.165, 1.54) is 0 Å². The number of nitrogens with zero attached hydrogens (tertiary/aromatic N) is 2. The molecule has 0 amide bonds. The summed E-state index contributed by atoms with van der Waals surface area (Å²) < 4.78 is 14.2. The molecule has 4 heteroatoms. The number of alkyl halides is 1. The maximum Gasteiger partial charge on any atom is 0.105 e. The van der Waals surface area contributed by atoms with Gasteiger partial charge in [-0.25, -0.2) is 9.37 Å². The van der Waals surface area contributed by atoms with Crippen LogP contribution in [0.25, 0.3) is 5.69 Å². The number of rotatable bonds is 4. The highest BCUT2D eigenvalue weighted by atomic mass is 19.1. The zero-order valence-corrected chi connectivity index (χ0v) is 8.88. The van der Waals surface area contributed by atoms with Crippen LogP contribution >= 0.6 is 0 Å². The van der Waals surface area contributed by atoms with Crippen LogP contribution in [0.1, 0.15) is 5.56 Å². The number of benzene rings is 1. The third-order valence-electron chi connectivity index (χ3n) is 2.43. The van der Waals surface area contributed by atoms with Gasteiger partial charge in [-0.15, -0.1) is 0 Å². The summed E-state index contributed by atoms with van der Waals surface area (Å²) in [4.78, 5) is 3.98. The van der Waals surface area contributed by atoms with Gasteiger partial charge < -0.3 is 10.3 Å². The Morgan fingerprint density at radius 3 is 2.62 bits per heavy atom. The number of imidazole rings is 1. The Hall–Kier alpha value is -1.68. The van der Waals surface area contributed by atoms with Crippen LogP contribution in [0.3, 0.4) is 0 Å². The molecule has 1 unspecified atom stereocenters. The predicted molar refractivity (Wildman–Crippen MR) is 61.2 cm³/mol. The molecule has 0 saturated carbocycles. The fourth-order valence-corrected chi connectivity index (χ4v) is 1.57. The highest BCUT2D eigenvalue weighted by molar-refractivity contribution is 5.34. The molecule has 0 bridgehead atoms. The van der Waals surface area contributed by atoms with Gasteiger partial charge in [-0.1, -0.05) is 12.1 Å². The quantitative estimate of drug-likeness (QED) is 0.850. The summed E-state index contributed by atoms with van der Waals surface area (Å²) >= 11 is 0. The summed E-state index contributed by atoms with van der Waals surface area (Å²) in [5.41, 5.74) is 7.63. The van der Waals surface area contributed by atoms with Crippen molar-refractivity contribution in [2.75, 3.05) is 6.67 Å². The maximum absolute atomic E-state index is 12.2. The molecule has 2 N–H and O–H groups in total. The van der Waals surface area contributed by atoms with Crippen molar-refractivity contribution >= 4 is 0 Å². The zero-order chi connectivity index (χ0) is 11.4. The van der Waals surface area contributed by atoms with Crippen LogP contribution in [0.5, 0.6) is 0 Å². The second-order valence-corrected chi connectivity index (χ2v) is 3.75. The summed E-state index contributed by atoms with van der Waals surface area (Å²) in [5, 5.41) is 0. The second-order valence-electron chi connectivity index (χ2n) is 3.75. The molecule has 2 rings (SSSR count). The van der Waals surface area contributed by atoms with Crippen molar-refractivity contribution in [1.82, 2.24) is 9.55 Å². The van der Waals surface area contributed by atoms with Gasteiger partial charge in [0, 0.05) is 24.1 Å². The lowest BCUT2D eigenvalue weighted by molar-refractivity contribution is 0.427. The van der Waals surface area contributed by atoms with Gasteiger partial charge in [-0.2, -0.15) is 0 Å². The molecule has 0 aliphatic heterocycles. The van der Waals surface area contributed by atoms with Crippen LogP contribution in [-0.4, -0.2) is 22.3 Å². The fourth-order valence-electron chi connectivity index (χ4n) is 1.57. The average Bonchev–Trinajstić information content (AvgIpc) is 2.83. The Bertz CT molecular complexity index is 422. The molecule has 1 atom stereocenters. The van der Waals surface area contributed by atoms with Crippen molar-refractivity contribution in [2.45, 2.75) is 12.5 Å². The van der Waals surface area contributed by atoms with E-state index in [0.717, 1.165) is 11.3 Å². The van der Waals surface area contributed by atoms with E-state index < -0.39 is 12.7 Å². The Morgan fingerprint density at radius 1 is 1.31 bits per heavy atom. The van der Waals surface area contributed by atoms with Crippen molar-refractivity contribution in [1.29, 1.82) is 0 Å². The molecule has 0 aliphatic carbocycles. The van der Waals surface area contributed by atoms with E-state index in [1.54, 1.807) is 12.5 Å². The highest BCUT2D eigenvalue weighted by Gasteiger charge is 2.03. The zero-order valence-electron chi connectivity index (χ0n) is 8.88. The minimum absolute atomic E-state index is 0.404. The Labute approximate surface area is 93.7 Å². The fraction of sp³-hybridized carbons (Fsp3) is 0.250. The van der Waals surface area contributed by atoms with Gasteiger partial charge in [0.25, 0.3) is 0 Å². The molecule has 0 radical (unpaired) electrons. The predicted octanol–water partition coefficient (Wildman–Crippen LogP) is 1.71. The lowest BCUT2D eigenvalue weighted by atomic mass is 10.1. The van der Waals surface area contributed by atoms with Gasteiger partial charge >= 0.3 is 0 Å². The maximum atomic E-state index is 12.2. The number of hydrogen-bond acceptors (Lipinski definition) is 2. The smallest absolute Gasteiger partial charge is 0.105 e. The van der Waals surface area contributed by atoms with Gasteiger partial charge in [0.05, 0.1) is 6.33 Å². The van der Waals surface area contributed by atoms with Gasteiger partial charge in [0.1, 0.15) is 6.67 Å². The van der Waals surface area contributed by atoms with Crippen molar-refractivity contribution in [3.63, 3.8) is 0 Å². The molecule has 0 saturated heterocycles. The number of aromatic nitrogens is 2. The number of hydrogen-bond donors (Lipinski definition) is 1. The molecule has 1 heterocycles. The summed E-state index contributed by atoms with van der Waals surface area (Å²) in [6, 6.07) is 7.47. The summed E-state index contributed by atoms with van der Waals surface area (Å²) in [6.45, 7) is -0.483. The molecular weight excluding hydrogens is 205 g/mol. The topological polar surface area (TPSA) is 43.8 Å². The van der Waals surface area contributed by atoms with Crippen LogP contribution < -0.4 is 5.73 Å². The minimum Gasteiger partial charge on any atom is -0.325 e. The lowest BCUT2D eigenvalue weighted by Crippen LogP contribution is -2.24. The largest absolute Gasteiger partial charge is 0.325 e. The van der Waals surface area contributed by atoms with Gasteiger partial charge in [0.2, 0.25) is 0 Å². The van der Waals surface area contributed by atoms with E-state index in [0.29, 0.717) is 6.42 Å². The molecule has 84 valence electrons. The first-order valence-corrected chi connectivity index (χ1v) is 5.18. The molecule has 16 heavy (non-hydrogen) atoms. The van der Waals surface area contributed by atoms with Gasteiger partial charge in [0.15, 0.2) is 0 Å². The molecule has 0 aliphatic rings. The van der Waals surface area contributed by atoms with E-state index in [9.17, 15) is 4.39 Å². The van der Waals surface area contributed by atoms with E-state index in [4.69, 9.17) is 5.73 Å². The molecule has 1 aromatic heterocycles. The molecular formula is C12H14FN3. The number of halogens is 1. The molecule has 0 spiro atoms. The SMILES string of the molecule is NC(CF)Cc1ccc(-n2ccnc2)cc1. The van der Waals surface area contributed by atoms with Gasteiger partial charge in [-0.3, -0.25) is 0 Å². The Morgan fingerprint density at radius 2 is 2.06 bits per heavy atom. The molecule has 0 fully saturated rings. The summed E-state index contributed by atoms with van der Waals surface area (Å²) in [7, 11) is 0. The van der Waals surface area contributed by atoms with Crippen molar-refractivity contribution < 1.29 is 4.39 Å². The normalized spacial score (nSPS) is 12.6. The molecule has 3 nitrogen and oxygen atoms in total. The van der Waals surface area contributed by atoms with Crippen LogP contribution in [0.2, 0.25) is 0 Å². The summed E-state index contributed by atoms with van der Waals surface area (Å²) in [6.07, 6.45) is 5.91. The molecule has 1 aromatic carbocycles. The van der Waals surface area contributed by atoms with E-state index in [-0.39, 0.29) is 0 Å². The number of nitrogens with two attached hydrogens (primary N) is 1. The Balaban J connectivity index is 2.11. The summed E-state index contributed by atoms with van der Waals surface area (Å²) in [5.74, 6) is 0. The van der Waals surface area contributed by atoms with Gasteiger partial charge in [-0.05, 0) is 24.1 Å². The third-order valence-corrected chi connectivity index (χ3v) is 2.43.